The first kappa shape index (κ1) is 19.1. The van der Waals surface area contributed by atoms with Gasteiger partial charge in [0.1, 0.15) is 6.10 Å². The lowest BCUT2D eigenvalue weighted by Crippen LogP contribution is -2.45. The molecular formula is C20H23BrN2O5. The van der Waals surface area contributed by atoms with Crippen molar-refractivity contribution in [2.45, 2.75) is 57.6 Å². The van der Waals surface area contributed by atoms with Crippen molar-refractivity contribution in [3.8, 4) is 11.5 Å². The molecule has 7 nitrogen and oxygen atoms in total. The average molecular weight is 451 g/mol. The lowest BCUT2D eigenvalue weighted by molar-refractivity contribution is -0.145. The van der Waals surface area contributed by atoms with Crippen LogP contribution in [0.2, 0.25) is 0 Å². The zero-order valence-electron chi connectivity index (χ0n) is 15.7. The SMILES string of the molecule is CC1=C(C(=O)OC2CCCCCC2)C(c2cc3c(cc2Br)OCO3)NC(=O)N1. The van der Waals surface area contributed by atoms with Crippen LogP contribution in [-0.2, 0) is 9.53 Å². The summed E-state index contributed by atoms with van der Waals surface area (Å²) in [7, 11) is 0. The molecule has 28 heavy (non-hydrogen) atoms. The third kappa shape index (κ3) is 3.83. The highest BCUT2D eigenvalue weighted by molar-refractivity contribution is 9.10. The highest BCUT2D eigenvalue weighted by Gasteiger charge is 2.35. The smallest absolute Gasteiger partial charge is 0.338 e. The van der Waals surface area contributed by atoms with Gasteiger partial charge in [-0.25, -0.2) is 9.59 Å². The first-order chi connectivity index (χ1) is 13.5. The minimum Gasteiger partial charge on any atom is -0.459 e. The van der Waals surface area contributed by atoms with Gasteiger partial charge in [-0.05, 0) is 50.3 Å². The van der Waals surface area contributed by atoms with E-state index < -0.39 is 12.0 Å². The number of esters is 1. The topological polar surface area (TPSA) is 85.9 Å². The van der Waals surface area contributed by atoms with Gasteiger partial charge in [-0.3, -0.25) is 0 Å². The number of amides is 2. The molecule has 4 rings (SSSR count). The standard InChI is InChI=1S/C20H23BrN2O5/c1-11-17(19(24)28-12-6-4-2-3-5-7-12)18(23-20(25)22-11)13-8-15-16(9-14(13)21)27-10-26-15/h8-9,12,18H,2-7,10H2,1H3,(H2,22,23,25). The molecule has 2 amide bonds. The Morgan fingerprint density at radius 2 is 1.82 bits per heavy atom. The van der Waals surface area contributed by atoms with E-state index in [1.165, 1.54) is 12.8 Å². The van der Waals surface area contributed by atoms with E-state index in [-0.39, 0.29) is 18.9 Å². The van der Waals surface area contributed by atoms with Crippen LogP contribution in [-0.4, -0.2) is 24.9 Å². The molecule has 1 fully saturated rings. The van der Waals surface area contributed by atoms with Crippen molar-refractivity contribution in [2.24, 2.45) is 0 Å². The van der Waals surface area contributed by atoms with E-state index in [2.05, 4.69) is 26.6 Å². The van der Waals surface area contributed by atoms with Crippen LogP contribution >= 0.6 is 15.9 Å². The number of nitrogens with one attached hydrogen (secondary N) is 2. The fourth-order valence-corrected chi connectivity index (χ4v) is 4.48. The zero-order chi connectivity index (χ0) is 19.7. The van der Waals surface area contributed by atoms with Crippen LogP contribution in [0.25, 0.3) is 0 Å². The second-order valence-electron chi connectivity index (χ2n) is 7.32. The van der Waals surface area contributed by atoms with Gasteiger partial charge in [0.05, 0.1) is 11.6 Å². The van der Waals surface area contributed by atoms with Crippen molar-refractivity contribution in [3.63, 3.8) is 0 Å². The Morgan fingerprint density at radius 1 is 1.14 bits per heavy atom. The summed E-state index contributed by atoms with van der Waals surface area (Å²) in [5.74, 6) is 0.811. The number of fused-ring (bicyclic) bond motifs is 1. The average Bonchev–Trinajstić information content (AvgIpc) is 2.94. The van der Waals surface area contributed by atoms with Crippen LogP contribution in [0.5, 0.6) is 11.5 Å². The molecule has 0 bridgehead atoms. The van der Waals surface area contributed by atoms with Crippen LogP contribution in [0.1, 0.15) is 57.1 Å². The van der Waals surface area contributed by atoms with Crippen LogP contribution in [0.3, 0.4) is 0 Å². The number of hydrogen-bond acceptors (Lipinski definition) is 5. The predicted molar refractivity (Wildman–Crippen MR) is 105 cm³/mol. The number of hydrogen-bond donors (Lipinski definition) is 2. The maximum atomic E-state index is 13.1. The second kappa shape index (κ2) is 8.03. The number of benzene rings is 1. The fraction of sp³-hybridized carbons (Fsp3) is 0.500. The first-order valence-electron chi connectivity index (χ1n) is 9.61. The van der Waals surface area contributed by atoms with Crippen LogP contribution in [0, 0.1) is 0 Å². The highest BCUT2D eigenvalue weighted by Crippen LogP contribution is 2.41. The Balaban J connectivity index is 1.64. The van der Waals surface area contributed by atoms with E-state index in [0.29, 0.717) is 28.3 Å². The number of urea groups is 1. The zero-order valence-corrected chi connectivity index (χ0v) is 17.3. The van der Waals surface area contributed by atoms with Crippen LogP contribution < -0.4 is 20.1 Å². The second-order valence-corrected chi connectivity index (χ2v) is 8.17. The van der Waals surface area contributed by atoms with Gasteiger partial charge in [-0.15, -0.1) is 0 Å². The van der Waals surface area contributed by atoms with E-state index in [0.717, 1.165) is 30.2 Å². The van der Waals surface area contributed by atoms with Crippen molar-refractivity contribution in [3.05, 3.63) is 33.4 Å². The minimum absolute atomic E-state index is 0.0752. The Morgan fingerprint density at radius 3 is 2.54 bits per heavy atom. The number of ether oxygens (including phenoxy) is 3. The molecule has 1 atom stereocenters. The molecule has 1 aromatic rings. The van der Waals surface area contributed by atoms with Gasteiger partial charge in [0.25, 0.3) is 0 Å². The van der Waals surface area contributed by atoms with Crippen molar-refractivity contribution in [1.82, 2.24) is 10.6 Å². The van der Waals surface area contributed by atoms with Crippen LogP contribution in [0.15, 0.2) is 27.9 Å². The molecule has 150 valence electrons. The minimum atomic E-state index is -0.643. The molecule has 0 spiro atoms. The largest absolute Gasteiger partial charge is 0.459 e. The molecule has 1 unspecified atom stereocenters. The Bertz CT molecular complexity index is 830. The molecule has 1 aliphatic carbocycles. The summed E-state index contributed by atoms with van der Waals surface area (Å²) in [5, 5.41) is 5.53. The molecule has 8 heteroatoms. The van der Waals surface area contributed by atoms with Gasteiger partial charge in [0.2, 0.25) is 6.79 Å². The fourth-order valence-electron chi connectivity index (χ4n) is 3.93. The molecule has 0 aromatic heterocycles. The van der Waals surface area contributed by atoms with E-state index in [1.807, 2.05) is 0 Å². The maximum absolute atomic E-state index is 13.1. The normalized spacial score (nSPS) is 22.4. The molecule has 2 heterocycles. The van der Waals surface area contributed by atoms with Crippen molar-refractivity contribution >= 4 is 27.9 Å². The Hall–Kier alpha value is -2.22. The third-order valence-corrected chi connectivity index (χ3v) is 6.05. The summed E-state index contributed by atoms with van der Waals surface area (Å²) >= 11 is 3.53. The molecule has 1 aromatic carbocycles. The molecule has 2 N–H and O–H groups in total. The summed E-state index contributed by atoms with van der Waals surface area (Å²) in [6, 6.07) is 2.57. The molecule has 3 aliphatic rings. The number of carbonyl (C=O) groups excluding carboxylic acids is 2. The summed E-state index contributed by atoms with van der Waals surface area (Å²) in [4.78, 5) is 25.2. The van der Waals surface area contributed by atoms with E-state index in [4.69, 9.17) is 14.2 Å². The summed E-state index contributed by atoms with van der Waals surface area (Å²) in [6.07, 6.45) is 6.20. The van der Waals surface area contributed by atoms with Crippen molar-refractivity contribution in [1.29, 1.82) is 0 Å². The number of allylic oxidation sites excluding steroid dienone is 1. The van der Waals surface area contributed by atoms with Crippen LogP contribution in [0.4, 0.5) is 4.79 Å². The molecule has 1 saturated carbocycles. The van der Waals surface area contributed by atoms with E-state index in [9.17, 15) is 9.59 Å². The van der Waals surface area contributed by atoms with Gasteiger partial charge in [-0.1, -0.05) is 28.8 Å². The van der Waals surface area contributed by atoms with Gasteiger partial charge in [0, 0.05) is 10.2 Å². The number of rotatable bonds is 3. The number of carbonyl (C=O) groups is 2. The Kier molecular flexibility index (Phi) is 5.48. The summed E-state index contributed by atoms with van der Waals surface area (Å²) in [5.41, 5.74) is 1.62. The summed E-state index contributed by atoms with van der Waals surface area (Å²) < 4.78 is 17.4. The third-order valence-electron chi connectivity index (χ3n) is 5.37. The molecular weight excluding hydrogens is 428 g/mol. The van der Waals surface area contributed by atoms with Gasteiger partial charge in [0.15, 0.2) is 11.5 Å². The highest BCUT2D eigenvalue weighted by atomic mass is 79.9. The van der Waals surface area contributed by atoms with E-state index in [1.54, 1.807) is 19.1 Å². The number of halogens is 1. The van der Waals surface area contributed by atoms with E-state index >= 15 is 0 Å². The quantitative estimate of drug-likeness (QED) is 0.535. The molecule has 2 aliphatic heterocycles. The predicted octanol–water partition coefficient (Wildman–Crippen LogP) is 4.07. The first-order valence-corrected chi connectivity index (χ1v) is 10.4. The molecule has 0 radical (unpaired) electrons. The lowest BCUT2D eigenvalue weighted by atomic mass is 9.95. The van der Waals surface area contributed by atoms with Gasteiger partial charge in [-0.2, -0.15) is 0 Å². The van der Waals surface area contributed by atoms with Gasteiger partial charge >= 0.3 is 12.0 Å². The maximum Gasteiger partial charge on any atom is 0.338 e. The van der Waals surface area contributed by atoms with Crippen molar-refractivity contribution < 1.29 is 23.8 Å². The Labute approximate surface area is 171 Å². The summed E-state index contributed by atoms with van der Waals surface area (Å²) in [6.45, 7) is 1.87. The lowest BCUT2D eigenvalue weighted by Gasteiger charge is -2.30. The van der Waals surface area contributed by atoms with Crippen molar-refractivity contribution in [2.75, 3.05) is 6.79 Å². The van der Waals surface area contributed by atoms with Gasteiger partial charge < -0.3 is 24.8 Å². The monoisotopic (exact) mass is 450 g/mol. The molecule has 0 saturated heterocycles.